The second-order valence-corrected chi connectivity index (χ2v) is 4.74. The number of ether oxygens (including phenoxy) is 1. The average molecular weight is 269 g/mol. The lowest BCUT2D eigenvalue weighted by molar-refractivity contribution is 0.201. The van der Waals surface area contributed by atoms with Crippen molar-refractivity contribution in [1.82, 2.24) is 9.97 Å². The zero-order valence-corrected chi connectivity index (χ0v) is 11.1. The third-order valence-electron chi connectivity index (χ3n) is 2.82. The second-order valence-electron chi connectivity index (χ2n) is 4.35. The first-order valence-corrected chi connectivity index (χ1v) is 6.42. The summed E-state index contributed by atoms with van der Waals surface area (Å²) in [5.41, 5.74) is 6.14. The average Bonchev–Trinajstić information content (AvgIpc) is 2.80. The Bertz CT molecular complexity index is 444. The molecule has 1 aliphatic rings. The number of aromatic nitrogens is 2. The van der Waals surface area contributed by atoms with Gasteiger partial charge in [-0.25, -0.2) is 4.98 Å². The van der Waals surface area contributed by atoms with E-state index in [0.717, 1.165) is 18.5 Å². The van der Waals surface area contributed by atoms with Crippen LogP contribution >= 0.6 is 11.6 Å². The molecule has 0 bridgehead atoms. The molecule has 1 aromatic heterocycles. The van der Waals surface area contributed by atoms with E-state index in [0.29, 0.717) is 17.0 Å². The molecule has 1 aromatic rings. The van der Waals surface area contributed by atoms with Crippen molar-refractivity contribution in [3.8, 4) is 5.88 Å². The first kappa shape index (κ1) is 13.0. The van der Waals surface area contributed by atoms with Crippen molar-refractivity contribution in [2.75, 3.05) is 5.32 Å². The van der Waals surface area contributed by atoms with Crippen LogP contribution in [0.1, 0.15) is 32.6 Å². The first-order valence-electron chi connectivity index (χ1n) is 6.04. The van der Waals surface area contributed by atoms with E-state index in [2.05, 4.69) is 15.3 Å². The van der Waals surface area contributed by atoms with Crippen molar-refractivity contribution >= 4 is 17.5 Å². The van der Waals surface area contributed by atoms with Crippen LogP contribution in [0, 0.1) is 0 Å². The van der Waals surface area contributed by atoms with Gasteiger partial charge in [0.1, 0.15) is 11.3 Å². The van der Waals surface area contributed by atoms with Gasteiger partial charge in [-0.3, -0.25) is 0 Å². The van der Waals surface area contributed by atoms with Crippen LogP contribution in [0.4, 0.5) is 5.95 Å². The quantitative estimate of drug-likeness (QED) is 0.822. The van der Waals surface area contributed by atoms with Gasteiger partial charge in [0.15, 0.2) is 0 Å². The van der Waals surface area contributed by atoms with E-state index in [1.165, 1.54) is 19.0 Å². The SMILES string of the molecule is C/C(=C\N)Nc1nc(Cl)cc(OC2CCCC2)n1. The van der Waals surface area contributed by atoms with Crippen molar-refractivity contribution < 1.29 is 4.74 Å². The maximum Gasteiger partial charge on any atom is 0.231 e. The van der Waals surface area contributed by atoms with E-state index in [-0.39, 0.29) is 6.10 Å². The minimum atomic E-state index is 0.245. The third-order valence-corrected chi connectivity index (χ3v) is 3.01. The highest BCUT2D eigenvalue weighted by atomic mass is 35.5. The molecule has 1 aliphatic carbocycles. The number of rotatable bonds is 4. The smallest absolute Gasteiger partial charge is 0.231 e. The lowest BCUT2D eigenvalue weighted by atomic mass is 10.3. The third kappa shape index (κ3) is 3.50. The zero-order chi connectivity index (χ0) is 13.0. The number of nitrogens with two attached hydrogens (primary N) is 1. The highest BCUT2D eigenvalue weighted by Crippen LogP contribution is 2.25. The number of nitrogens with zero attached hydrogens (tertiary/aromatic N) is 2. The minimum Gasteiger partial charge on any atom is -0.474 e. The van der Waals surface area contributed by atoms with Crippen LogP contribution in [0.3, 0.4) is 0 Å². The number of anilines is 1. The molecule has 0 aliphatic heterocycles. The minimum absolute atomic E-state index is 0.245. The van der Waals surface area contributed by atoms with E-state index in [1.54, 1.807) is 6.07 Å². The molecular formula is C12H17ClN4O. The maximum atomic E-state index is 5.94. The summed E-state index contributed by atoms with van der Waals surface area (Å²) in [6.45, 7) is 1.82. The molecule has 1 fully saturated rings. The topological polar surface area (TPSA) is 73.1 Å². The summed E-state index contributed by atoms with van der Waals surface area (Å²) in [5, 5.41) is 3.30. The van der Waals surface area contributed by atoms with Gasteiger partial charge in [0.25, 0.3) is 0 Å². The van der Waals surface area contributed by atoms with Gasteiger partial charge in [0.2, 0.25) is 11.8 Å². The van der Waals surface area contributed by atoms with Gasteiger partial charge in [-0.05, 0) is 32.6 Å². The summed E-state index contributed by atoms with van der Waals surface area (Å²) >= 11 is 5.94. The summed E-state index contributed by atoms with van der Waals surface area (Å²) in [7, 11) is 0. The fraction of sp³-hybridized carbons (Fsp3) is 0.500. The molecule has 0 amide bonds. The van der Waals surface area contributed by atoms with E-state index in [1.807, 2.05) is 6.92 Å². The standard InChI is InChI=1S/C12H17ClN4O/c1-8(7-14)15-12-16-10(13)6-11(17-12)18-9-4-2-3-5-9/h6-7,9H,2-5,14H2,1H3,(H,15,16,17)/b8-7+. The Kier molecular flexibility index (Phi) is 4.25. The first-order chi connectivity index (χ1) is 8.67. The van der Waals surface area contributed by atoms with Crippen LogP contribution in [-0.2, 0) is 0 Å². The van der Waals surface area contributed by atoms with Gasteiger partial charge in [0, 0.05) is 18.0 Å². The van der Waals surface area contributed by atoms with Crippen LogP contribution in [0.5, 0.6) is 5.88 Å². The normalized spacial score (nSPS) is 16.9. The van der Waals surface area contributed by atoms with Gasteiger partial charge in [0.05, 0.1) is 0 Å². The van der Waals surface area contributed by atoms with Crippen LogP contribution in [0.25, 0.3) is 0 Å². The fourth-order valence-corrected chi connectivity index (χ4v) is 2.08. The number of nitrogens with one attached hydrogen (secondary N) is 1. The fourth-order valence-electron chi connectivity index (χ4n) is 1.91. The Morgan fingerprint density at radius 1 is 1.50 bits per heavy atom. The van der Waals surface area contributed by atoms with Gasteiger partial charge in [-0.2, -0.15) is 4.98 Å². The predicted octanol–water partition coefficient (Wildman–Crippen LogP) is 2.68. The Hall–Kier alpha value is -1.49. The summed E-state index contributed by atoms with van der Waals surface area (Å²) in [4.78, 5) is 8.32. The van der Waals surface area contributed by atoms with Gasteiger partial charge in [-0.15, -0.1) is 0 Å². The molecule has 0 radical (unpaired) electrons. The molecule has 18 heavy (non-hydrogen) atoms. The Morgan fingerprint density at radius 3 is 2.89 bits per heavy atom. The predicted molar refractivity (Wildman–Crippen MR) is 71.5 cm³/mol. The molecule has 6 heteroatoms. The van der Waals surface area contributed by atoms with E-state index < -0.39 is 0 Å². The number of allylic oxidation sites excluding steroid dienone is 1. The molecule has 5 nitrogen and oxygen atoms in total. The van der Waals surface area contributed by atoms with Crippen LogP contribution in [0.15, 0.2) is 18.0 Å². The Balaban J connectivity index is 2.10. The number of halogens is 1. The van der Waals surface area contributed by atoms with Crippen molar-refractivity contribution in [3.63, 3.8) is 0 Å². The number of hydrogen-bond acceptors (Lipinski definition) is 5. The molecule has 1 saturated carbocycles. The molecular weight excluding hydrogens is 252 g/mol. The highest BCUT2D eigenvalue weighted by molar-refractivity contribution is 6.29. The summed E-state index contributed by atoms with van der Waals surface area (Å²) in [6, 6.07) is 1.63. The van der Waals surface area contributed by atoms with E-state index in [4.69, 9.17) is 22.1 Å². The molecule has 98 valence electrons. The largest absolute Gasteiger partial charge is 0.474 e. The second kappa shape index (κ2) is 5.91. The summed E-state index contributed by atoms with van der Waals surface area (Å²) in [5.74, 6) is 0.906. The van der Waals surface area contributed by atoms with Gasteiger partial charge in [-0.1, -0.05) is 11.6 Å². The Labute approximate surface area is 111 Å². The molecule has 1 heterocycles. The van der Waals surface area contributed by atoms with E-state index >= 15 is 0 Å². The van der Waals surface area contributed by atoms with Gasteiger partial charge < -0.3 is 15.8 Å². The highest BCUT2D eigenvalue weighted by Gasteiger charge is 2.17. The van der Waals surface area contributed by atoms with Crippen molar-refractivity contribution in [2.24, 2.45) is 5.73 Å². The lowest BCUT2D eigenvalue weighted by Gasteiger charge is -2.13. The summed E-state index contributed by atoms with van der Waals surface area (Å²) < 4.78 is 5.79. The van der Waals surface area contributed by atoms with Crippen molar-refractivity contribution in [3.05, 3.63) is 23.1 Å². The molecule has 0 spiro atoms. The summed E-state index contributed by atoms with van der Waals surface area (Å²) in [6.07, 6.45) is 6.27. The molecule has 0 saturated heterocycles. The molecule has 3 N–H and O–H groups in total. The zero-order valence-electron chi connectivity index (χ0n) is 10.3. The monoisotopic (exact) mass is 268 g/mol. The van der Waals surface area contributed by atoms with Crippen LogP contribution in [0.2, 0.25) is 5.15 Å². The van der Waals surface area contributed by atoms with Crippen molar-refractivity contribution in [1.29, 1.82) is 0 Å². The molecule has 0 atom stereocenters. The van der Waals surface area contributed by atoms with Crippen LogP contribution in [-0.4, -0.2) is 16.1 Å². The van der Waals surface area contributed by atoms with Crippen LogP contribution < -0.4 is 15.8 Å². The van der Waals surface area contributed by atoms with E-state index in [9.17, 15) is 0 Å². The Morgan fingerprint density at radius 2 is 2.22 bits per heavy atom. The maximum absolute atomic E-state index is 5.94. The molecule has 0 aromatic carbocycles. The molecule has 2 rings (SSSR count). The van der Waals surface area contributed by atoms with Crippen molar-refractivity contribution in [2.45, 2.75) is 38.7 Å². The number of hydrogen-bond donors (Lipinski definition) is 2. The lowest BCUT2D eigenvalue weighted by Crippen LogP contribution is -2.13. The molecule has 0 unspecified atom stereocenters. The van der Waals surface area contributed by atoms with Gasteiger partial charge >= 0.3 is 0 Å².